The number of carbonyl (C=O) groups is 1. The standard InChI is InChI=1S/C23H24N4O2S2/c1-13-5-6-15(9-14(13)2)17-10-30-20-19(17)21(29)27(4)22(25-20)31-11-18(28)26-23(3,12-24)16-7-8-16/h5-6,9-10,16H,7-8,11H2,1-4H3,(H,26,28). The van der Waals surface area contributed by atoms with Crippen molar-refractivity contribution < 1.29 is 4.79 Å². The van der Waals surface area contributed by atoms with Gasteiger partial charge in [0, 0.05) is 18.0 Å². The molecule has 0 radical (unpaired) electrons. The van der Waals surface area contributed by atoms with E-state index in [-0.39, 0.29) is 23.1 Å². The molecule has 160 valence electrons. The Morgan fingerprint density at radius 1 is 1.39 bits per heavy atom. The summed E-state index contributed by atoms with van der Waals surface area (Å²) in [5, 5.41) is 15.3. The highest BCUT2D eigenvalue weighted by atomic mass is 32.2. The van der Waals surface area contributed by atoms with Crippen LogP contribution in [0.4, 0.5) is 0 Å². The number of nitriles is 1. The number of nitrogens with zero attached hydrogens (tertiary/aromatic N) is 3. The number of carbonyl (C=O) groups excluding carboxylic acids is 1. The molecule has 0 bridgehead atoms. The van der Waals surface area contributed by atoms with Gasteiger partial charge in [0.25, 0.3) is 5.56 Å². The summed E-state index contributed by atoms with van der Waals surface area (Å²) < 4.78 is 1.50. The molecule has 0 aliphatic heterocycles. The van der Waals surface area contributed by atoms with Crippen molar-refractivity contribution in [2.75, 3.05) is 5.75 Å². The van der Waals surface area contributed by atoms with E-state index in [1.807, 2.05) is 11.4 Å². The SMILES string of the molecule is Cc1ccc(-c2csc3nc(SCC(=O)NC(C)(C#N)C4CC4)n(C)c(=O)c23)cc1C. The van der Waals surface area contributed by atoms with Crippen LogP contribution in [-0.4, -0.2) is 26.8 Å². The molecular weight excluding hydrogens is 428 g/mol. The summed E-state index contributed by atoms with van der Waals surface area (Å²) in [6, 6.07) is 8.41. The second kappa shape index (κ2) is 8.13. The summed E-state index contributed by atoms with van der Waals surface area (Å²) in [7, 11) is 1.68. The highest BCUT2D eigenvalue weighted by Crippen LogP contribution is 2.39. The maximum absolute atomic E-state index is 13.1. The minimum Gasteiger partial charge on any atom is -0.337 e. The summed E-state index contributed by atoms with van der Waals surface area (Å²) in [4.78, 5) is 30.9. The first-order valence-electron chi connectivity index (χ1n) is 10.1. The van der Waals surface area contributed by atoms with Crippen molar-refractivity contribution in [1.82, 2.24) is 14.9 Å². The molecule has 0 saturated heterocycles. The number of hydrogen-bond donors (Lipinski definition) is 1. The highest BCUT2D eigenvalue weighted by Gasteiger charge is 2.42. The van der Waals surface area contributed by atoms with Crippen molar-refractivity contribution >= 4 is 39.2 Å². The Hall–Kier alpha value is -2.63. The van der Waals surface area contributed by atoms with Crippen molar-refractivity contribution in [3.63, 3.8) is 0 Å². The number of nitrogens with one attached hydrogen (secondary N) is 1. The zero-order valence-electron chi connectivity index (χ0n) is 18.0. The van der Waals surface area contributed by atoms with Gasteiger partial charge in [-0.05, 0) is 56.2 Å². The Bertz CT molecular complexity index is 1280. The zero-order chi connectivity index (χ0) is 22.3. The number of amides is 1. The molecule has 2 heterocycles. The molecule has 1 aliphatic rings. The van der Waals surface area contributed by atoms with E-state index in [2.05, 4.69) is 42.4 Å². The Labute approximate surface area is 189 Å². The van der Waals surface area contributed by atoms with Gasteiger partial charge in [-0.3, -0.25) is 14.2 Å². The normalized spacial score (nSPS) is 15.5. The lowest BCUT2D eigenvalue weighted by atomic mass is 9.98. The van der Waals surface area contributed by atoms with Gasteiger partial charge in [0.2, 0.25) is 5.91 Å². The van der Waals surface area contributed by atoms with E-state index in [9.17, 15) is 14.9 Å². The van der Waals surface area contributed by atoms with E-state index in [0.717, 1.165) is 24.0 Å². The van der Waals surface area contributed by atoms with Gasteiger partial charge in [0.15, 0.2) is 5.16 Å². The maximum atomic E-state index is 13.1. The molecule has 1 amide bonds. The van der Waals surface area contributed by atoms with Crippen LogP contribution in [-0.2, 0) is 11.8 Å². The average molecular weight is 453 g/mol. The maximum Gasteiger partial charge on any atom is 0.263 e. The molecule has 1 unspecified atom stereocenters. The van der Waals surface area contributed by atoms with Gasteiger partial charge in [-0.2, -0.15) is 5.26 Å². The number of fused-ring (bicyclic) bond motifs is 1. The predicted molar refractivity (Wildman–Crippen MR) is 125 cm³/mol. The van der Waals surface area contributed by atoms with Crippen molar-refractivity contribution in [2.45, 2.75) is 44.3 Å². The molecule has 31 heavy (non-hydrogen) atoms. The summed E-state index contributed by atoms with van der Waals surface area (Å²) in [5.74, 6) is 0.100. The Morgan fingerprint density at radius 3 is 2.77 bits per heavy atom. The number of hydrogen-bond acceptors (Lipinski definition) is 6. The molecular formula is C23H24N4O2S2. The number of aryl methyl sites for hydroxylation is 2. The molecule has 3 aromatic rings. The summed E-state index contributed by atoms with van der Waals surface area (Å²) >= 11 is 2.65. The van der Waals surface area contributed by atoms with Gasteiger partial charge >= 0.3 is 0 Å². The van der Waals surface area contributed by atoms with E-state index >= 15 is 0 Å². The first-order chi connectivity index (χ1) is 14.7. The van der Waals surface area contributed by atoms with Crippen LogP contribution in [0.15, 0.2) is 33.5 Å². The van der Waals surface area contributed by atoms with Crippen molar-refractivity contribution in [1.29, 1.82) is 5.26 Å². The monoisotopic (exact) mass is 452 g/mol. The van der Waals surface area contributed by atoms with Crippen molar-refractivity contribution in [3.8, 4) is 17.2 Å². The fourth-order valence-electron chi connectivity index (χ4n) is 3.64. The fraction of sp³-hybridized carbons (Fsp3) is 0.391. The van der Waals surface area contributed by atoms with Crippen molar-refractivity contribution in [3.05, 3.63) is 45.1 Å². The number of thiophene rings is 1. The van der Waals surface area contributed by atoms with Crippen LogP contribution in [0.2, 0.25) is 0 Å². The van der Waals surface area contributed by atoms with Gasteiger partial charge in [0.1, 0.15) is 10.4 Å². The van der Waals surface area contributed by atoms with Crippen LogP contribution in [0.3, 0.4) is 0 Å². The third-order valence-corrected chi connectivity index (χ3v) is 7.85. The van der Waals surface area contributed by atoms with Crippen LogP contribution >= 0.6 is 23.1 Å². The molecule has 1 atom stereocenters. The Balaban J connectivity index is 1.58. The summed E-state index contributed by atoms with van der Waals surface area (Å²) in [6.45, 7) is 5.90. The van der Waals surface area contributed by atoms with E-state index in [1.165, 1.54) is 38.8 Å². The Kier molecular flexibility index (Phi) is 5.67. The average Bonchev–Trinajstić information content (AvgIpc) is 3.52. The van der Waals surface area contributed by atoms with Crippen LogP contribution in [0, 0.1) is 31.1 Å². The molecule has 2 aromatic heterocycles. The number of aromatic nitrogens is 2. The molecule has 1 fully saturated rings. The zero-order valence-corrected chi connectivity index (χ0v) is 19.6. The van der Waals surface area contributed by atoms with E-state index < -0.39 is 5.54 Å². The quantitative estimate of drug-likeness (QED) is 0.448. The molecule has 1 saturated carbocycles. The van der Waals surface area contributed by atoms with Gasteiger partial charge < -0.3 is 5.32 Å². The molecule has 1 aliphatic carbocycles. The largest absolute Gasteiger partial charge is 0.337 e. The summed E-state index contributed by atoms with van der Waals surface area (Å²) in [6.07, 6.45) is 1.93. The van der Waals surface area contributed by atoms with E-state index in [0.29, 0.717) is 15.4 Å². The van der Waals surface area contributed by atoms with E-state index in [4.69, 9.17) is 0 Å². The summed E-state index contributed by atoms with van der Waals surface area (Å²) in [5.41, 5.74) is 3.33. The third-order valence-electron chi connectivity index (χ3n) is 5.95. The predicted octanol–water partition coefficient (Wildman–Crippen LogP) is 4.18. The van der Waals surface area contributed by atoms with Gasteiger partial charge in [-0.15, -0.1) is 11.3 Å². The number of rotatable bonds is 6. The first kappa shape index (κ1) is 21.6. The fourth-order valence-corrected chi connectivity index (χ4v) is 5.40. The van der Waals surface area contributed by atoms with Gasteiger partial charge in [-0.1, -0.05) is 30.0 Å². The Morgan fingerprint density at radius 2 is 2.13 bits per heavy atom. The second-order valence-electron chi connectivity index (χ2n) is 8.31. The van der Waals surface area contributed by atoms with Crippen molar-refractivity contribution in [2.24, 2.45) is 13.0 Å². The lowest BCUT2D eigenvalue weighted by molar-refractivity contribution is -0.119. The molecule has 0 spiro atoms. The number of benzene rings is 1. The van der Waals surface area contributed by atoms with Crippen LogP contribution in [0.25, 0.3) is 21.3 Å². The third kappa shape index (κ3) is 4.12. The minimum absolute atomic E-state index is 0.102. The number of thioether (sulfide) groups is 1. The lowest BCUT2D eigenvalue weighted by Gasteiger charge is -2.22. The van der Waals surface area contributed by atoms with Crippen LogP contribution in [0.1, 0.15) is 30.9 Å². The van der Waals surface area contributed by atoms with Crippen LogP contribution in [0.5, 0.6) is 0 Å². The lowest BCUT2D eigenvalue weighted by Crippen LogP contribution is -2.47. The van der Waals surface area contributed by atoms with Crippen LogP contribution < -0.4 is 10.9 Å². The highest BCUT2D eigenvalue weighted by molar-refractivity contribution is 7.99. The molecule has 6 nitrogen and oxygen atoms in total. The van der Waals surface area contributed by atoms with E-state index in [1.54, 1.807) is 14.0 Å². The first-order valence-corrected chi connectivity index (χ1v) is 12.0. The molecule has 4 rings (SSSR count). The smallest absolute Gasteiger partial charge is 0.263 e. The molecule has 8 heteroatoms. The van der Waals surface area contributed by atoms with Gasteiger partial charge in [0.05, 0.1) is 17.2 Å². The second-order valence-corrected chi connectivity index (χ2v) is 10.1. The molecule has 1 N–H and O–H groups in total. The minimum atomic E-state index is -0.824. The van der Waals surface area contributed by atoms with Gasteiger partial charge in [-0.25, -0.2) is 4.98 Å². The molecule has 1 aromatic carbocycles. The topological polar surface area (TPSA) is 87.8 Å².